The minimum atomic E-state index is -0.287. The van der Waals surface area contributed by atoms with Crippen LogP contribution in [0.1, 0.15) is 18.4 Å². The number of primary amides is 1. The predicted octanol–water partition coefficient (Wildman–Crippen LogP) is 0.137. The molecule has 0 unspecified atom stereocenters. The van der Waals surface area contributed by atoms with Gasteiger partial charge in [-0.05, 0) is 18.9 Å². The molecule has 20 heavy (non-hydrogen) atoms. The van der Waals surface area contributed by atoms with E-state index >= 15 is 0 Å². The third-order valence-electron chi connectivity index (χ3n) is 3.62. The quantitative estimate of drug-likeness (QED) is 0.614. The van der Waals surface area contributed by atoms with E-state index in [1.165, 1.54) is 6.07 Å². The number of nitrogens with one attached hydrogen (secondary N) is 1. The highest BCUT2D eigenvalue weighted by molar-refractivity contribution is 5.75. The lowest BCUT2D eigenvalue weighted by molar-refractivity contribution is -0.119. The molecule has 1 aromatic carbocycles. The van der Waals surface area contributed by atoms with Gasteiger partial charge in [-0.25, -0.2) is 0 Å². The largest absolute Gasteiger partial charge is 0.508 e. The lowest BCUT2D eigenvalue weighted by Crippen LogP contribution is -2.45. The van der Waals surface area contributed by atoms with Gasteiger partial charge in [0.2, 0.25) is 5.91 Å². The van der Waals surface area contributed by atoms with E-state index in [0.29, 0.717) is 19.1 Å². The molecular weight excluding hydrogens is 258 g/mol. The Labute approximate surface area is 118 Å². The zero-order valence-corrected chi connectivity index (χ0v) is 11.4. The zero-order chi connectivity index (χ0) is 14.5. The number of nitrogens with two attached hydrogens (primary N) is 1. The maximum absolute atomic E-state index is 10.8. The second kappa shape index (κ2) is 6.58. The van der Waals surface area contributed by atoms with Crippen LogP contribution < -0.4 is 11.1 Å². The highest BCUT2D eigenvalue weighted by Crippen LogP contribution is 2.22. The molecule has 2 rings (SSSR count). The molecule has 0 saturated carbocycles. The molecule has 5 N–H and O–H groups in total. The summed E-state index contributed by atoms with van der Waals surface area (Å²) in [5.41, 5.74) is 5.94. The minimum absolute atomic E-state index is 0.0611. The second-order valence-corrected chi connectivity index (χ2v) is 5.21. The van der Waals surface area contributed by atoms with Gasteiger partial charge in [0.25, 0.3) is 0 Å². The van der Waals surface area contributed by atoms with Gasteiger partial charge in [0, 0.05) is 37.3 Å². The highest BCUT2D eigenvalue weighted by atomic mass is 16.3. The van der Waals surface area contributed by atoms with Crippen LogP contribution in [0.5, 0.6) is 11.5 Å². The first-order valence-electron chi connectivity index (χ1n) is 6.79. The molecule has 1 amide bonds. The van der Waals surface area contributed by atoms with Crippen molar-refractivity contribution in [1.29, 1.82) is 0 Å². The van der Waals surface area contributed by atoms with Crippen LogP contribution >= 0.6 is 0 Å². The van der Waals surface area contributed by atoms with Gasteiger partial charge in [-0.2, -0.15) is 0 Å². The van der Waals surface area contributed by atoms with Crippen LogP contribution in [0.2, 0.25) is 0 Å². The first-order valence-corrected chi connectivity index (χ1v) is 6.79. The summed E-state index contributed by atoms with van der Waals surface area (Å²) in [4.78, 5) is 12.9. The molecule has 110 valence electrons. The number of carbonyl (C=O) groups is 1. The van der Waals surface area contributed by atoms with Gasteiger partial charge in [-0.3, -0.25) is 9.69 Å². The SMILES string of the molecule is NC(=O)CN1CCC(NCc2ccc(O)cc2O)CC1. The summed E-state index contributed by atoms with van der Waals surface area (Å²) in [6.45, 7) is 2.59. The molecule has 0 aliphatic carbocycles. The molecule has 6 heteroatoms. The van der Waals surface area contributed by atoms with Crippen LogP contribution in [0.3, 0.4) is 0 Å². The standard InChI is InChI=1S/C14H21N3O3/c15-14(20)9-17-5-3-11(4-6-17)16-8-10-1-2-12(18)7-13(10)19/h1-2,7,11,16,18-19H,3-6,8-9H2,(H2,15,20). The number of rotatable bonds is 5. The summed E-state index contributed by atoms with van der Waals surface area (Å²) < 4.78 is 0. The summed E-state index contributed by atoms with van der Waals surface area (Å²) in [6.07, 6.45) is 1.90. The molecule has 0 aromatic heterocycles. The number of nitrogens with zero attached hydrogens (tertiary/aromatic N) is 1. The van der Waals surface area contributed by atoms with E-state index in [9.17, 15) is 15.0 Å². The van der Waals surface area contributed by atoms with Crippen LogP contribution in [0.25, 0.3) is 0 Å². The Morgan fingerprint density at radius 1 is 1.35 bits per heavy atom. The summed E-state index contributed by atoms with van der Waals surface area (Å²) in [5, 5.41) is 22.3. The van der Waals surface area contributed by atoms with Crippen LogP contribution in [0, 0.1) is 0 Å². The number of amides is 1. The van der Waals surface area contributed by atoms with Crippen LogP contribution in [0.15, 0.2) is 18.2 Å². The van der Waals surface area contributed by atoms with E-state index in [1.807, 2.05) is 0 Å². The Morgan fingerprint density at radius 3 is 2.65 bits per heavy atom. The van der Waals surface area contributed by atoms with Gasteiger partial charge in [0.15, 0.2) is 0 Å². The fourth-order valence-electron chi connectivity index (χ4n) is 2.47. The maximum Gasteiger partial charge on any atom is 0.231 e. The van der Waals surface area contributed by atoms with Gasteiger partial charge in [0.1, 0.15) is 11.5 Å². The van der Waals surface area contributed by atoms with Crippen molar-refractivity contribution in [2.45, 2.75) is 25.4 Å². The number of hydrogen-bond donors (Lipinski definition) is 4. The lowest BCUT2D eigenvalue weighted by Gasteiger charge is -2.31. The molecule has 0 atom stereocenters. The Morgan fingerprint density at radius 2 is 2.05 bits per heavy atom. The van der Waals surface area contributed by atoms with Crippen molar-refractivity contribution in [1.82, 2.24) is 10.2 Å². The summed E-state index contributed by atoms with van der Waals surface area (Å²) in [7, 11) is 0. The van der Waals surface area contributed by atoms with Gasteiger partial charge < -0.3 is 21.3 Å². The molecule has 0 spiro atoms. The Balaban J connectivity index is 1.77. The van der Waals surface area contributed by atoms with E-state index in [-0.39, 0.29) is 17.4 Å². The number of phenolic OH excluding ortho intramolecular Hbond substituents is 2. The first-order chi connectivity index (χ1) is 9.54. The van der Waals surface area contributed by atoms with Crippen molar-refractivity contribution < 1.29 is 15.0 Å². The molecule has 0 bridgehead atoms. The third kappa shape index (κ3) is 4.11. The van der Waals surface area contributed by atoms with Crippen molar-refractivity contribution in [3.8, 4) is 11.5 Å². The van der Waals surface area contributed by atoms with Gasteiger partial charge in [-0.1, -0.05) is 6.07 Å². The topological polar surface area (TPSA) is 98.8 Å². The molecule has 1 aliphatic heterocycles. The normalized spacial score (nSPS) is 17.2. The monoisotopic (exact) mass is 279 g/mol. The zero-order valence-electron chi connectivity index (χ0n) is 11.4. The van der Waals surface area contributed by atoms with Crippen LogP contribution in [-0.4, -0.2) is 46.7 Å². The van der Waals surface area contributed by atoms with Crippen molar-refractivity contribution in [2.24, 2.45) is 5.73 Å². The molecule has 1 aromatic rings. The summed E-state index contributed by atoms with van der Waals surface area (Å²) in [5.74, 6) is -0.125. The summed E-state index contributed by atoms with van der Waals surface area (Å²) >= 11 is 0. The van der Waals surface area contributed by atoms with Crippen LogP contribution in [0.4, 0.5) is 0 Å². The molecule has 6 nitrogen and oxygen atoms in total. The number of phenols is 2. The number of piperidine rings is 1. The van der Waals surface area contributed by atoms with Crippen molar-refractivity contribution in [3.63, 3.8) is 0 Å². The lowest BCUT2D eigenvalue weighted by atomic mass is 10.0. The average Bonchev–Trinajstić information content (AvgIpc) is 2.39. The van der Waals surface area contributed by atoms with Crippen LogP contribution in [-0.2, 0) is 11.3 Å². The molecule has 1 heterocycles. The number of benzene rings is 1. The smallest absolute Gasteiger partial charge is 0.231 e. The van der Waals surface area contributed by atoms with Gasteiger partial charge >= 0.3 is 0 Å². The Kier molecular flexibility index (Phi) is 4.81. The first kappa shape index (κ1) is 14.6. The predicted molar refractivity (Wildman–Crippen MR) is 75.3 cm³/mol. The minimum Gasteiger partial charge on any atom is -0.508 e. The molecule has 1 saturated heterocycles. The van der Waals surface area contributed by atoms with Gasteiger partial charge in [-0.15, -0.1) is 0 Å². The van der Waals surface area contributed by atoms with E-state index in [1.54, 1.807) is 12.1 Å². The number of aromatic hydroxyl groups is 2. The molecule has 1 fully saturated rings. The highest BCUT2D eigenvalue weighted by Gasteiger charge is 2.19. The fourth-order valence-corrected chi connectivity index (χ4v) is 2.47. The molecule has 1 aliphatic rings. The van der Waals surface area contributed by atoms with Gasteiger partial charge in [0.05, 0.1) is 6.54 Å². The van der Waals surface area contributed by atoms with E-state index in [0.717, 1.165) is 31.5 Å². The number of carbonyl (C=O) groups excluding carboxylic acids is 1. The Bertz CT molecular complexity index is 471. The Hall–Kier alpha value is -1.79. The summed E-state index contributed by atoms with van der Waals surface area (Å²) in [6, 6.07) is 4.98. The number of likely N-dealkylation sites (tertiary alicyclic amines) is 1. The third-order valence-corrected chi connectivity index (χ3v) is 3.62. The maximum atomic E-state index is 10.8. The number of hydrogen-bond acceptors (Lipinski definition) is 5. The molecule has 0 radical (unpaired) electrons. The van der Waals surface area contributed by atoms with Crippen molar-refractivity contribution in [2.75, 3.05) is 19.6 Å². The fraction of sp³-hybridized carbons (Fsp3) is 0.500. The van der Waals surface area contributed by atoms with Crippen molar-refractivity contribution in [3.05, 3.63) is 23.8 Å². The van der Waals surface area contributed by atoms with E-state index in [2.05, 4.69) is 10.2 Å². The average molecular weight is 279 g/mol. The van der Waals surface area contributed by atoms with Crippen molar-refractivity contribution >= 4 is 5.91 Å². The van der Waals surface area contributed by atoms with E-state index < -0.39 is 0 Å². The molecular formula is C14H21N3O3. The second-order valence-electron chi connectivity index (χ2n) is 5.21. The van der Waals surface area contributed by atoms with E-state index in [4.69, 9.17) is 5.73 Å².